The van der Waals surface area contributed by atoms with Crippen LogP contribution in [0.2, 0.25) is 5.02 Å². The Morgan fingerprint density at radius 1 is 1.26 bits per heavy atom. The van der Waals surface area contributed by atoms with E-state index in [1.165, 1.54) is 18.4 Å². The summed E-state index contributed by atoms with van der Waals surface area (Å²) in [7, 11) is 0. The van der Waals surface area contributed by atoms with Gasteiger partial charge in [-0.3, -0.25) is 0 Å². The van der Waals surface area contributed by atoms with E-state index in [-0.39, 0.29) is 6.61 Å². The molecule has 1 aromatic rings. The summed E-state index contributed by atoms with van der Waals surface area (Å²) in [6.07, 6.45) is 3.23. The molecule has 1 unspecified atom stereocenters. The maximum absolute atomic E-state index is 9.09. The molecule has 1 aliphatic rings. The minimum Gasteiger partial charge on any atom is -0.396 e. The van der Waals surface area contributed by atoms with Crippen molar-refractivity contribution in [3.63, 3.8) is 0 Å². The highest BCUT2D eigenvalue weighted by atomic mass is 35.5. The standard InChI is InChI=1S/C16H24ClNO/c1-11(2)16(7-8-19)18-15-9-13(10-15)12-3-5-14(17)6-4-12/h3-6,11,13,15-16,18-19H,7-10H2,1-2H3. The van der Waals surface area contributed by atoms with Crippen LogP contribution in [0, 0.1) is 5.92 Å². The van der Waals surface area contributed by atoms with Gasteiger partial charge in [0, 0.05) is 23.7 Å². The first-order valence-corrected chi connectivity index (χ1v) is 7.60. The zero-order chi connectivity index (χ0) is 13.8. The first-order valence-electron chi connectivity index (χ1n) is 7.22. The van der Waals surface area contributed by atoms with Crippen molar-refractivity contribution in [1.29, 1.82) is 0 Å². The van der Waals surface area contributed by atoms with Crippen molar-refractivity contribution in [2.75, 3.05) is 6.61 Å². The minimum absolute atomic E-state index is 0.267. The number of benzene rings is 1. The minimum atomic E-state index is 0.267. The predicted molar refractivity (Wildman–Crippen MR) is 80.7 cm³/mol. The summed E-state index contributed by atoms with van der Waals surface area (Å²) in [4.78, 5) is 0. The molecular weight excluding hydrogens is 258 g/mol. The van der Waals surface area contributed by atoms with Gasteiger partial charge in [-0.2, -0.15) is 0 Å². The van der Waals surface area contributed by atoms with Crippen LogP contribution in [0.4, 0.5) is 0 Å². The molecule has 0 spiro atoms. The number of aliphatic hydroxyl groups is 1. The molecule has 106 valence electrons. The normalized spacial score (nSPS) is 24.3. The molecule has 0 aliphatic heterocycles. The smallest absolute Gasteiger partial charge is 0.0445 e. The summed E-state index contributed by atoms with van der Waals surface area (Å²) in [6, 6.07) is 9.25. The van der Waals surface area contributed by atoms with Crippen LogP contribution in [-0.4, -0.2) is 23.8 Å². The topological polar surface area (TPSA) is 32.3 Å². The van der Waals surface area contributed by atoms with Crippen LogP contribution in [0.25, 0.3) is 0 Å². The summed E-state index contributed by atoms with van der Waals surface area (Å²) >= 11 is 5.91. The van der Waals surface area contributed by atoms with Crippen molar-refractivity contribution < 1.29 is 5.11 Å². The van der Waals surface area contributed by atoms with E-state index in [0.29, 0.717) is 23.9 Å². The van der Waals surface area contributed by atoms with E-state index in [4.69, 9.17) is 16.7 Å². The molecule has 2 rings (SSSR count). The molecule has 0 heterocycles. The number of hydrogen-bond acceptors (Lipinski definition) is 2. The van der Waals surface area contributed by atoms with E-state index >= 15 is 0 Å². The SMILES string of the molecule is CC(C)C(CCO)NC1CC(c2ccc(Cl)cc2)C1. The van der Waals surface area contributed by atoms with E-state index < -0.39 is 0 Å². The average molecular weight is 282 g/mol. The Bertz CT molecular complexity index is 384. The summed E-state index contributed by atoms with van der Waals surface area (Å²) in [5, 5.41) is 13.6. The third kappa shape index (κ3) is 3.95. The van der Waals surface area contributed by atoms with Gasteiger partial charge in [0.1, 0.15) is 0 Å². The summed E-state index contributed by atoms with van der Waals surface area (Å²) < 4.78 is 0. The Morgan fingerprint density at radius 3 is 2.42 bits per heavy atom. The van der Waals surface area contributed by atoms with Crippen LogP contribution in [-0.2, 0) is 0 Å². The first kappa shape index (κ1) is 14.8. The molecule has 2 nitrogen and oxygen atoms in total. The molecule has 3 heteroatoms. The molecule has 2 N–H and O–H groups in total. The van der Waals surface area contributed by atoms with Gasteiger partial charge in [0.15, 0.2) is 0 Å². The molecule has 1 aliphatic carbocycles. The molecule has 1 fully saturated rings. The molecule has 0 saturated heterocycles. The maximum atomic E-state index is 9.09. The maximum Gasteiger partial charge on any atom is 0.0445 e. The largest absolute Gasteiger partial charge is 0.396 e. The Morgan fingerprint density at radius 2 is 1.89 bits per heavy atom. The van der Waals surface area contributed by atoms with Crippen LogP contribution in [0.3, 0.4) is 0 Å². The Labute approximate surface area is 121 Å². The fourth-order valence-electron chi connectivity index (χ4n) is 2.81. The molecule has 1 atom stereocenters. The Kier molecular flexibility index (Phi) is 5.26. The van der Waals surface area contributed by atoms with Crippen LogP contribution in [0.5, 0.6) is 0 Å². The summed E-state index contributed by atoms with van der Waals surface area (Å²) in [5.74, 6) is 1.23. The highest BCUT2D eigenvalue weighted by Gasteiger charge is 2.31. The van der Waals surface area contributed by atoms with E-state index in [0.717, 1.165) is 11.4 Å². The van der Waals surface area contributed by atoms with Gasteiger partial charge in [-0.05, 0) is 48.8 Å². The Balaban J connectivity index is 1.80. The van der Waals surface area contributed by atoms with Crippen molar-refractivity contribution in [2.45, 2.75) is 51.1 Å². The summed E-state index contributed by atoms with van der Waals surface area (Å²) in [6.45, 7) is 4.69. The highest BCUT2D eigenvalue weighted by Crippen LogP contribution is 2.37. The van der Waals surface area contributed by atoms with Crippen LogP contribution < -0.4 is 5.32 Å². The second kappa shape index (κ2) is 6.74. The van der Waals surface area contributed by atoms with Gasteiger partial charge in [-0.25, -0.2) is 0 Å². The fourth-order valence-corrected chi connectivity index (χ4v) is 2.94. The van der Waals surface area contributed by atoms with Gasteiger partial charge in [0.05, 0.1) is 0 Å². The summed E-state index contributed by atoms with van der Waals surface area (Å²) in [5.41, 5.74) is 1.39. The lowest BCUT2D eigenvalue weighted by Crippen LogP contribution is -2.47. The second-order valence-electron chi connectivity index (χ2n) is 5.95. The molecule has 1 aromatic carbocycles. The van der Waals surface area contributed by atoms with Crippen molar-refractivity contribution in [1.82, 2.24) is 5.32 Å². The van der Waals surface area contributed by atoms with Crippen molar-refractivity contribution in [3.05, 3.63) is 34.9 Å². The monoisotopic (exact) mass is 281 g/mol. The lowest BCUT2D eigenvalue weighted by molar-refractivity contribution is 0.199. The van der Waals surface area contributed by atoms with Crippen molar-refractivity contribution >= 4 is 11.6 Å². The van der Waals surface area contributed by atoms with Gasteiger partial charge >= 0.3 is 0 Å². The third-order valence-corrected chi connectivity index (χ3v) is 4.43. The van der Waals surface area contributed by atoms with Gasteiger partial charge in [0.2, 0.25) is 0 Å². The third-order valence-electron chi connectivity index (χ3n) is 4.17. The van der Waals surface area contributed by atoms with E-state index in [1.807, 2.05) is 12.1 Å². The van der Waals surface area contributed by atoms with Gasteiger partial charge < -0.3 is 10.4 Å². The van der Waals surface area contributed by atoms with Gasteiger partial charge in [0.25, 0.3) is 0 Å². The van der Waals surface area contributed by atoms with Crippen LogP contribution >= 0.6 is 11.6 Å². The molecule has 0 radical (unpaired) electrons. The quantitative estimate of drug-likeness (QED) is 0.835. The fraction of sp³-hybridized carbons (Fsp3) is 0.625. The van der Waals surface area contributed by atoms with Gasteiger partial charge in [-0.1, -0.05) is 37.6 Å². The number of halogens is 1. The number of aliphatic hydroxyl groups excluding tert-OH is 1. The molecule has 1 saturated carbocycles. The highest BCUT2D eigenvalue weighted by molar-refractivity contribution is 6.30. The molecule has 0 aromatic heterocycles. The number of rotatable bonds is 6. The predicted octanol–water partition coefficient (Wildman–Crippen LogP) is 3.58. The second-order valence-corrected chi connectivity index (χ2v) is 6.38. The van der Waals surface area contributed by atoms with Crippen LogP contribution in [0.1, 0.15) is 44.6 Å². The molecular formula is C16H24ClNO. The van der Waals surface area contributed by atoms with E-state index in [1.54, 1.807) is 0 Å². The number of hydrogen-bond donors (Lipinski definition) is 2. The lowest BCUT2D eigenvalue weighted by Gasteiger charge is -2.39. The zero-order valence-electron chi connectivity index (χ0n) is 11.8. The Hall–Kier alpha value is -0.570. The van der Waals surface area contributed by atoms with E-state index in [9.17, 15) is 0 Å². The number of nitrogens with one attached hydrogen (secondary N) is 1. The van der Waals surface area contributed by atoms with Crippen molar-refractivity contribution in [2.24, 2.45) is 5.92 Å². The van der Waals surface area contributed by atoms with Crippen LogP contribution in [0.15, 0.2) is 24.3 Å². The molecule has 19 heavy (non-hydrogen) atoms. The van der Waals surface area contributed by atoms with E-state index in [2.05, 4.69) is 31.3 Å². The molecule has 0 amide bonds. The molecule has 0 bridgehead atoms. The first-order chi connectivity index (χ1) is 9.10. The zero-order valence-corrected chi connectivity index (χ0v) is 12.5. The van der Waals surface area contributed by atoms with Gasteiger partial charge in [-0.15, -0.1) is 0 Å². The lowest BCUT2D eigenvalue weighted by atomic mass is 9.75. The van der Waals surface area contributed by atoms with Crippen molar-refractivity contribution in [3.8, 4) is 0 Å². The average Bonchev–Trinajstić information content (AvgIpc) is 2.33.